The Kier molecular flexibility index (Phi) is 1.78. The van der Waals surface area contributed by atoms with Crippen LogP contribution in [0.25, 0.3) is 5.03 Å². The second-order valence-corrected chi connectivity index (χ2v) is 3.88. The highest BCUT2D eigenvalue weighted by Gasteiger charge is 2.11. The van der Waals surface area contributed by atoms with Gasteiger partial charge in [0.05, 0.1) is 0 Å². The number of halogens is 2. The number of hydrogen-bond acceptors (Lipinski definition) is 0. The van der Waals surface area contributed by atoms with Crippen LogP contribution in [0.2, 0.25) is 0 Å². The fourth-order valence-electron chi connectivity index (χ4n) is 1.27. The van der Waals surface area contributed by atoms with Crippen molar-refractivity contribution in [3.8, 4) is 0 Å². The van der Waals surface area contributed by atoms with Crippen LogP contribution in [0.15, 0.2) is 28.7 Å². The SMILES string of the molecule is ClC1=CCc2cc(Br)ccc21. The molecule has 0 saturated heterocycles. The Labute approximate surface area is 79.0 Å². The summed E-state index contributed by atoms with van der Waals surface area (Å²) < 4.78 is 1.12. The van der Waals surface area contributed by atoms with E-state index in [2.05, 4.69) is 22.0 Å². The molecule has 0 radical (unpaired) electrons. The molecule has 11 heavy (non-hydrogen) atoms. The average molecular weight is 230 g/mol. The van der Waals surface area contributed by atoms with E-state index in [9.17, 15) is 0 Å². The predicted molar refractivity (Wildman–Crippen MR) is 51.7 cm³/mol. The van der Waals surface area contributed by atoms with Crippen LogP contribution in [0, 0.1) is 0 Å². The third kappa shape index (κ3) is 1.23. The summed E-state index contributed by atoms with van der Waals surface area (Å²) in [5, 5.41) is 0.882. The molecule has 0 unspecified atom stereocenters. The zero-order valence-corrected chi connectivity index (χ0v) is 8.11. The van der Waals surface area contributed by atoms with Crippen LogP contribution >= 0.6 is 27.5 Å². The summed E-state index contributed by atoms with van der Waals surface area (Å²) in [4.78, 5) is 0. The smallest absolute Gasteiger partial charge is 0.0444 e. The van der Waals surface area contributed by atoms with E-state index in [0.29, 0.717) is 0 Å². The van der Waals surface area contributed by atoms with Crippen LogP contribution in [0.5, 0.6) is 0 Å². The molecule has 2 rings (SSSR count). The normalized spacial score (nSPS) is 14.5. The van der Waals surface area contributed by atoms with Crippen LogP contribution in [-0.2, 0) is 6.42 Å². The standard InChI is InChI=1S/C9H6BrCl/c10-7-2-3-8-6(5-7)1-4-9(8)11/h2-5H,1H2. The van der Waals surface area contributed by atoms with Gasteiger partial charge in [-0.3, -0.25) is 0 Å². The number of fused-ring (bicyclic) bond motifs is 1. The predicted octanol–water partition coefficient (Wildman–Crippen LogP) is 3.58. The molecule has 2 heteroatoms. The molecule has 0 bridgehead atoms. The Bertz CT molecular complexity index is 328. The van der Waals surface area contributed by atoms with Gasteiger partial charge in [-0.05, 0) is 29.7 Å². The van der Waals surface area contributed by atoms with E-state index in [0.717, 1.165) is 15.9 Å². The molecule has 0 N–H and O–H groups in total. The first-order valence-electron chi connectivity index (χ1n) is 3.42. The minimum absolute atomic E-state index is 0.882. The monoisotopic (exact) mass is 228 g/mol. The lowest BCUT2D eigenvalue weighted by Gasteiger charge is -1.99. The zero-order chi connectivity index (χ0) is 7.84. The Hall–Kier alpha value is -0.270. The van der Waals surface area contributed by atoms with Crippen molar-refractivity contribution >= 4 is 32.6 Å². The maximum atomic E-state index is 5.94. The quantitative estimate of drug-likeness (QED) is 0.638. The summed E-state index contributed by atoms with van der Waals surface area (Å²) in [6.07, 6.45) is 3.01. The first kappa shape index (κ1) is 7.38. The van der Waals surface area contributed by atoms with Crippen molar-refractivity contribution in [1.82, 2.24) is 0 Å². The maximum absolute atomic E-state index is 5.94. The van der Waals surface area contributed by atoms with E-state index in [1.807, 2.05) is 18.2 Å². The highest BCUT2D eigenvalue weighted by Crippen LogP contribution is 2.31. The van der Waals surface area contributed by atoms with Gasteiger partial charge in [0.1, 0.15) is 0 Å². The van der Waals surface area contributed by atoms with E-state index < -0.39 is 0 Å². The molecule has 1 aromatic carbocycles. The Balaban J connectivity index is 2.58. The van der Waals surface area contributed by atoms with Gasteiger partial charge in [0, 0.05) is 9.51 Å². The molecule has 0 fully saturated rings. The Morgan fingerprint density at radius 2 is 2.18 bits per heavy atom. The highest BCUT2D eigenvalue weighted by molar-refractivity contribution is 9.10. The van der Waals surface area contributed by atoms with Gasteiger partial charge in [-0.2, -0.15) is 0 Å². The van der Waals surface area contributed by atoms with E-state index >= 15 is 0 Å². The summed E-state index contributed by atoms with van der Waals surface area (Å²) >= 11 is 9.36. The zero-order valence-electron chi connectivity index (χ0n) is 5.77. The summed E-state index contributed by atoms with van der Waals surface area (Å²) in [5.74, 6) is 0. The molecule has 1 aliphatic rings. The molecule has 0 aliphatic heterocycles. The largest absolute Gasteiger partial charge is 0.0840 e. The number of hydrogen-bond donors (Lipinski definition) is 0. The fraction of sp³-hybridized carbons (Fsp3) is 0.111. The molecule has 1 aromatic rings. The van der Waals surface area contributed by atoms with Crippen LogP contribution in [0.4, 0.5) is 0 Å². The van der Waals surface area contributed by atoms with Crippen molar-refractivity contribution in [2.75, 3.05) is 0 Å². The molecule has 0 amide bonds. The lowest BCUT2D eigenvalue weighted by Crippen LogP contribution is -1.80. The van der Waals surface area contributed by atoms with Crippen molar-refractivity contribution in [1.29, 1.82) is 0 Å². The lowest BCUT2D eigenvalue weighted by molar-refractivity contribution is 1.30. The van der Waals surface area contributed by atoms with Crippen LogP contribution in [0.3, 0.4) is 0 Å². The maximum Gasteiger partial charge on any atom is 0.0444 e. The first-order chi connectivity index (χ1) is 5.27. The van der Waals surface area contributed by atoms with Gasteiger partial charge in [0.15, 0.2) is 0 Å². The third-order valence-corrected chi connectivity index (χ3v) is 2.68. The van der Waals surface area contributed by atoms with E-state index in [-0.39, 0.29) is 0 Å². The fourth-order valence-corrected chi connectivity index (χ4v) is 1.94. The molecule has 0 saturated carbocycles. The van der Waals surface area contributed by atoms with Gasteiger partial charge in [0.2, 0.25) is 0 Å². The van der Waals surface area contributed by atoms with Crippen LogP contribution in [-0.4, -0.2) is 0 Å². The van der Waals surface area contributed by atoms with E-state index in [4.69, 9.17) is 11.6 Å². The summed E-state index contributed by atoms with van der Waals surface area (Å²) in [7, 11) is 0. The van der Waals surface area contributed by atoms with Gasteiger partial charge in [0.25, 0.3) is 0 Å². The van der Waals surface area contributed by atoms with E-state index in [1.165, 1.54) is 11.1 Å². The van der Waals surface area contributed by atoms with Gasteiger partial charge in [-0.1, -0.05) is 39.7 Å². The highest BCUT2D eigenvalue weighted by atomic mass is 79.9. The minimum atomic E-state index is 0.882. The van der Waals surface area contributed by atoms with Crippen molar-refractivity contribution in [3.05, 3.63) is 39.9 Å². The van der Waals surface area contributed by atoms with E-state index in [1.54, 1.807) is 0 Å². The van der Waals surface area contributed by atoms with Crippen LogP contribution in [0.1, 0.15) is 11.1 Å². The van der Waals surface area contributed by atoms with Crippen molar-refractivity contribution in [3.63, 3.8) is 0 Å². The molecule has 0 aromatic heterocycles. The molecule has 0 nitrogen and oxygen atoms in total. The summed E-state index contributed by atoms with van der Waals surface area (Å²) in [6, 6.07) is 6.17. The molecule has 0 atom stereocenters. The average Bonchev–Trinajstić information content (AvgIpc) is 2.32. The Morgan fingerprint density at radius 3 is 3.00 bits per heavy atom. The third-order valence-electron chi connectivity index (χ3n) is 1.83. The number of allylic oxidation sites excluding steroid dienone is 1. The Morgan fingerprint density at radius 1 is 1.36 bits per heavy atom. The second-order valence-electron chi connectivity index (χ2n) is 2.56. The second kappa shape index (κ2) is 2.65. The van der Waals surface area contributed by atoms with Crippen LogP contribution < -0.4 is 0 Å². The van der Waals surface area contributed by atoms with Crippen molar-refractivity contribution in [2.45, 2.75) is 6.42 Å². The molecular formula is C9H6BrCl. The molecular weight excluding hydrogens is 223 g/mol. The van der Waals surface area contributed by atoms with Gasteiger partial charge in [-0.15, -0.1) is 0 Å². The molecule has 56 valence electrons. The molecule has 0 spiro atoms. The lowest BCUT2D eigenvalue weighted by atomic mass is 10.1. The van der Waals surface area contributed by atoms with Crippen molar-refractivity contribution in [2.24, 2.45) is 0 Å². The number of rotatable bonds is 0. The molecule has 0 heterocycles. The minimum Gasteiger partial charge on any atom is -0.0840 e. The van der Waals surface area contributed by atoms with Crippen molar-refractivity contribution < 1.29 is 0 Å². The first-order valence-corrected chi connectivity index (χ1v) is 4.59. The van der Waals surface area contributed by atoms with Gasteiger partial charge >= 0.3 is 0 Å². The van der Waals surface area contributed by atoms with Gasteiger partial charge < -0.3 is 0 Å². The molecule has 1 aliphatic carbocycles. The van der Waals surface area contributed by atoms with Gasteiger partial charge in [-0.25, -0.2) is 0 Å². The summed E-state index contributed by atoms with van der Waals surface area (Å²) in [5.41, 5.74) is 2.49. The number of benzene rings is 1. The topological polar surface area (TPSA) is 0 Å². The summed E-state index contributed by atoms with van der Waals surface area (Å²) in [6.45, 7) is 0.